The topological polar surface area (TPSA) is 75.6 Å². The zero-order valence-corrected chi connectivity index (χ0v) is 15.7. The summed E-state index contributed by atoms with van der Waals surface area (Å²) in [6, 6.07) is 13.3. The number of benzene rings is 2. The van der Waals surface area contributed by atoms with Crippen molar-refractivity contribution < 1.29 is 19.4 Å². The number of aryl methyl sites for hydroxylation is 2. The molecule has 0 saturated carbocycles. The molecule has 2 aromatic rings. The second-order valence-electron chi connectivity index (χ2n) is 7.32. The molecule has 0 fully saturated rings. The minimum absolute atomic E-state index is 0.195. The van der Waals surface area contributed by atoms with E-state index in [2.05, 4.69) is 17.4 Å². The fraction of sp³-hybridized carbons (Fsp3) is 0.364. The fourth-order valence-corrected chi connectivity index (χ4v) is 3.76. The summed E-state index contributed by atoms with van der Waals surface area (Å²) in [5.41, 5.74) is 3.32. The molecule has 1 amide bonds. The maximum atomic E-state index is 12.7. The summed E-state index contributed by atoms with van der Waals surface area (Å²) in [5, 5.41) is 12.3. The molecule has 0 bridgehead atoms. The zero-order valence-electron chi connectivity index (χ0n) is 15.7. The highest BCUT2D eigenvalue weighted by atomic mass is 16.5. The Morgan fingerprint density at radius 1 is 1.15 bits per heavy atom. The van der Waals surface area contributed by atoms with Crippen molar-refractivity contribution in [1.82, 2.24) is 5.32 Å². The Morgan fingerprint density at radius 3 is 2.67 bits per heavy atom. The molecule has 1 aliphatic rings. The van der Waals surface area contributed by atoms with E-state index < -0.39 is 11.5 Å². The minimum atomic E-state index is -1.02. The summed E-state index contributed by atoms with van der Waals surface area (Å²) in [6.45, 7) is 1.73. The van der Waals surface area contributed by atoms with E-state index in [-0.39, 0.29) is 18.7 Å². The zero-order chi connectivity index (χ0) is 19.4. The molecule has 0 saturated heterocycles. The molecule has 0 radical (unpaired) electrons. The quantitative estimate of drug-likeness (QED) is 0.788. The normalized spacial score (nSPS) is 14.9. The number of ether oxygens (including phenoxy) is 1. The smallest absolute Gasteiger partial charge is 0.306 e. The molecule has 0 spiro atoms. The molecule has 1 aliphatic carbocycles. The third-order valence-electron chi connectivity index (χ3n) is 5.15. The van der Waals surface area contributed by atoms with Gasteiger partial charge < -0.3 is 15.2 Å². The Bertz CT molecular complexity index is 861. The minimum Gasteiger partial charge on any atom is -0.497 e. The third kappa shape index (κ3) is 4.48. The van der Waals surface area contributed by atoms with Crippen LogP contribution in [0.25, 0.3) is 0 Å². The second-order valence-corrected chi connectivity index (χ2v) is 7.32. The van der Waals surface area contributed by atoms with Crippen molar-refractivity contribution in [2.75, 3.05) is 7.11 Å². The molecule has 2 aromatic carbocycles. The summed E-state index contributed by atoms with van der Waals surface area (Å²) in [4.78, 5) is 24.1. The molecular formula is C22H25NO4. The van der Waals surface area contributed by atoms with Crippen LogP contribution in [0.3, 0.4) is 0 Å². The average molecular weight is 367 g/mol. The predicted molar refractivity (Wildman–Crippen MR) is 103 cm³/mol. The van der Waals surface area contributed by atoms with Crippen LogP contribution in [0, 0.1) is 0 Å². The highest BCUT2D eigenvalue weighted by Gasteiger charge is 2.32. The van der Waals surface area contributed by atoms with Gasteiger partial charge in [-0.15, -0.1) is 0 Å². The van der Waals surface area contributed by atoms with E-state index in [4.69, 9.17) is 4.74 Å². The van der Waals surface area contributed by atoms with E-state index in [0.29, 0.717) is 11.3 Å². The van der Waals surface area contributed by atoms with Gasteiger partial charge in [-0.3, -0.25) is 9.59 Å². The molecule has 27 heavy (non-hydrogen) atoms. The first-order chi connectivity index (χ1) is 12.9. The van der Waals surface area contributed by atoms with Crippen molar-refractivity contribution in [3.05, 3.63) is 64.7 Å². The lowest BCUT2D eigenvalue weighted by Gasteiger charge is -2.30. The van der Waals surface area contributed by atoms with Gasteiger partial charge in [0.1, 0.15) is 5.75 Å². The summed E-state index contributed by atoms with van der Waals surface area (Å²) >= 11 is 0. The van der Waals surface area contributed by atoms with Crippen LogP contribution in [0.1, 0.15) is 42.0 Å². The van der Waals surface area contributed by atoms with Gasteiger partial charge in [-0.1, -0.05) is 30.3 Å². The number of carbonyl (C=O) groups excluding carboxylic acids is 1. The highest BCUT2D eigenvalue weighted by molar-refractivity contribution is 5.81. The number of carboxylic acids is 1. The van der Waals surface area contributed by atoms with Crippen LogP contribution in [-0.2, 0) is 34.4 Å². The van der Waals surface area contributed by atoms with Crippen LogP contribution < -0.4 is 10.1 Å². The van der Waals surface area contributed by atoms with Gasteiger partial charge >= 0.3 is 5.97 Å². The van der Waals surface area contributed by atoms with E-state index in [0.717, 1.165) is 24.8 Å². The van der Waals surface area contributed by atoms with Gasteiger partial charge in [0, 0.05) is 0 Å². The summed E-state index contributed by atoms with van der Waals surface area (Å²) in [6.07, 6.45) is 3.35. The van der Waals surface area contributed by atoms with Crippen LogP contribution in [0.2, 0.25) is 0 Å². The Balaban J connectivity index is 1.79. The fourth-order valence-electron chi connectivity index (χ4n) is 3.76. The van der Waals surface area contributed by atoms with Gasteiger partial charge in [-0.05, 0) is 60.6 Å². The number of nitrogens with one attached hydrogen (secondary N) is 1. The van der Waals surface area contributed by atoms with Crippen LogP contribution in [0.5, 0.6) is 5.75 Å². The maximum Gasteiger partial charge on any atom is 0.306 e. The van der Waals surface area contributed by atoms with Crippen LogP contribution in [-0.4, -0.2) is 24.1 Å². The van der Waals surface area contributed by atoms with E-state index in [1.807, 2.05) is 6.07 Å². The SMILES string of the molecule is COc1cccc(C(C)(CC(=O)O)NC(=O)Cc2ccc3c(c2)CCC3)c1. The van der Waals surface area contributed by atoms with Crippen LogP contribution >= 0.6 is 0 Å². The largest absolute Gasteiger partial charge is 0.497 e. The number of amides is 1. The van der Waals surface area contributed by atoms with E-state index in [9.17, 15) is 14.7 Å². The number of carboxylic acid groups (broad SMARTS) is 1. The van der Waals surface area contributed by atoms with Gasteiger partial charge in [0.25, 0.3) is 0 Å². The average Bonchev–Trinajstić information content (AvgIpc) is 3.08. The number of rotatable bonds is 7. The molecule has 0 aromatic heterocycles. The second kappa shape index (κ2) is 7.82. The van der Waals surface area contributed by atoms with Crippen molar-refractivity contribution in [1.29, 1.82) is 0 Å². The molecule has 5 nitrogen and oxygen atoms in total. The number of fused-ring (bicyclic) bond motifs is 1. The molecule has 0 heterocycles. The molecule has 1 unspecified atom stereocenters. The third-order valence-corrected chi connectivity index (χ3v) is 5.15. The van der Waals surface area contributed by atoms with E-state index in [1.165, 1.54) is 11.1 Å². The standard InChI is InChI=1S/C22H25NO4/c1-22(14-21(25)26,18-7-4-8-19(13-18)27-2)23-20(24)12-15-9-10-16-5-3-6-17(16)11-15/h4,7-11,13H,3,5-6,12,14H2,1-2H3,(H,23,24)(H,25,26). The number of hydrogen-bond donors (Lipinski definition) is 2. The van der Waals surface area contributed by atoms with Crippen molar-refractivity contribution in [2.24, 2.45) is 0 Å². The first-order valence-electron chi connectivity index (χ1n) is 9.17. The maximum absolute atomic E-state index is 12.7. The van der Waals surface area contributed by atoms with Crippen molar-refractivity contribution >= 4 is 11.9 Å². The summed E-state index contributed by atoms with van der Waals surface area (Å²) in [7, 11) is 1.56. The van der Waals surface area contributed by atoms with Gasteiger partial charge in [0.2, 0.25) is 5.91 Å². The van der Waals surface area contributed by atoms with Crippen LogP contribution in [0.15, 0.2) is 42.5 Å². The highest BCUT2D eigenvalue weighted by Crippen LogP contribution is 2.28. The lowest BCUT2D eigenvalue weighted by Crippen LogP contribution is -2.45. The first kappa shape index (κ1) is 19.0. The number of aliphatic carboxylic acids is 1. The molecule has 3 rings (SSSR count). The number of carbonyl (C=O) groups is 2. The number of methoxy groups -OCH3 is 1. The number of hydrogen-bond acceptors (Lipinski definition) is 3. The Morgan fingerprint density at radius 2 is 1.93 bits per heavy atom. The predicted octanol–water partition coefficient (Wildman–Crippen LogP) is 3.23. The molecule has 5 heteroatoms. The monoisotopic (exact) mass is 367 g/mol. The summed E-state index contributed by atoms with van der Waals surface area (Å²) in [5.74, 6) is -0.547. The van der Waals surface area contributed by atoms with Gasteiger partial charge in [-0.25, -0.2) is 0 Å². The van der Waals surface area contributed by atoms with E-state index in [1.54, 1.807) is 38.3 Å². The molecule has 2 N–H and O–H groups in total. The first-order valence-corrected chi connectivity index (χ1v) is 9.17. The molecular weight excluding hydrogens is 342 g/mol. The molecule has 142 valence electrons. The summed E-state index contributed by atoms with van der Waals surface area (Å²) < 4.78 is 5.24. The Labute approximate surface area is 159 Å². The Kier molecular flexibility index (Phi) is 5.49. The van der Waals surface area contributed by atoms with Crippen LogP contribution in [0.4, 0.5) is 0 Å². The molecule has 0 aliphatic heterocycles. The molecule has 1 atom stereocenters. The van der Waals surface area contributed by atoms with Gasteiger partial charge in [-0.2, -0.15) is 0 Å². The lowest BCUT2D eigenvalue weighted by molar-refractivity contribution is -0.139. The van der Waals surface area contributed by atoms with Crippen molar-refractivity contribution in [3.63, 3.8) is 0 Å². The lowest BCUT2D eigenvalue weighted by atomic mass is 9.88. The van der Waals surface area contributed by atoms with E-state index >= 15 is 0 Å². The van der Waals surface area contributed by atoms with Gasteiger partial charge in [0.15, 0.2) is 0 Å². The van der Waals surface area contributed by atoms with Gasteiger partial charge in [0.05, 0.1) is 25.5 Å². The van der Waals surface area contributed by atoms with Crippen molar-refractivity contribution in [2.45, 2.75) is 44.6 Å². The van der Waals surface area contributed by atoms with Crippen molar-refractivity contribution in [3.8, 4) is 5.75 Å². The Hall–Kier alpha value is -2.82.